The highest BCUT2D eigenvalue weighted by atomic mass is 35.5. The van der Waals surface area contributed by atoms with Crippen LogP contribution in [0.2, 0.25) is 10.0 Å². The van der Waals surface area contributed by atoms with Crippen molar-refractivity contribution in [3.8, 4) is 5.69 Å². The molecule has 0 aliphatic rings. The SMILES string of the molecule is Fc1ccc(Cl)c(-n2c(CCl)nc3cc(Cl)cnc32)c1. The number of alkyl halides is 1. The Morgan fingerprint density at radius 2 is 2.00 bits per heavy atom. The second-order valence-electron chi connectivity index (χ2n) is 4.09. The zero-order valence-electron chi connectivity index (χ0n) is 9.95. The van der Waals surface area contributed by atoms with Crippen molar-refractivity contribution in [1.82, 2.24) is 14.5 Å². The number of fused-ring (bicyclic) bond motifs is 1. The molecule has 3 nitrogen and oxygen atoms in total. The van der Waals surface area contributed by atoms with E-state index >= 15 is 0 Å². The van der Waals surface area contributed by atoms with Gasteiger partial charge in [0.15, 0.2) is 5.65 Å². The van der Waals surface area contributed by atoms with Crippen LogP contribution in [-0.4, -0.2) is 14.5 Å². The molecule has 0 N–H and O–H groups in total. The van der Waals surface area contributed by atoms with Gasteiger partial charge in [0.05, 0.1) is 21.6 Å². The molecule has 0 saturated heterocycles. The van der Waals surface area contributed by atoms with Crippen molar-refractivity contribution in [2.75, 3.05) is 0 Å². The van der Waals surface area contributed by atoms with E-state index in [0.29, 0.717) is 32.7 Å². The molecular formula is C13H7Cl3FN3. The van der Waals surface area contributed by atoms with E-state index in [9.17, 15) is 4.39 Å². The van der Waals surface area contributed by atoms with Crippen molar-refractivity contribution in [3.63, 3.8) is 0 Å². The Morgan fingerprint density at radius 1 is 1.20 bits per heavy atom. The molecule has 0 aliphatic heterocycles. The summed E-state index contributed by atoms with van der Waals surface area (Å²) in [6.07, 6.45) is 1.49. The molecule has 0 bridgehead atoms. The fourth-order valence-electron chi connectivity index (χ4n) is 1.99. The smallest absolute Gasteiger partial charge is 0.164 e. The number of nitrogens with zero attached hydrogens (tertiary/aromatic N) is 3. The molecule has 3 aromatic rings. The van der Waals surface area contributed by atoms with E-state index in [1.54, 1.807) is 10.6 Å². The number of rotatable bonds is 2. The van der Waals surface area contributed by atoms with Gasteiger partial charge in [-0.1, -0.05) is 23.2 Å². The minimum atomic E-state index is -0.402. The largest absolute Gasteiger partial charge is 0.278 e. The summed E-state index contributed by atoms with van der Waals surface area (Å²) in [5.41, 5.74) is 1.55. The predicted molar refractivity (Wildman–Crippen MR) is 78.4 cm³/mol. The first-order chi connectivity index (χ1) is 9.60. The average molecular weight is 331 g/mol. The monoisotopic (exact) mass is 329 g/mol. The van der Waals surface area contributed by atoms with Gasteiger partial charge < -0.3 is 0 Å². The van der Waals surface area contributed by atoms with Crippen LogP contribution in [0.25, 0.3) is 16.9 Å². The fraction of sp³-hybridized carbons (Fsp3) is 0.0769. The summed E-state index contributed by atoms with van der Waals surface area (Å²) < 4.78 is 15.1. The lowest BCUT2D eigenvalue weighted by Crippen LogP contribution is -2.01. The van der Waals surface area contributed by atoms with Crippen molar-refractivity contribution < 1.29 is 4.39 Å². The van der Waals surface area contributed by atoms with Gasteiger partial charge in [-0.2, -0.15) is 0 Å². The van der Waals surface area contributed by atoms with Crippen molar-refractivity contribution in [2.45, 2.75) is 5.88 Å². The van der Waals surface area contributed by atoms with Gasteiger partial charge in [-0.3, -0.25) is 4.57 Å². The maximum absolute atomic E-state index is 13.5. The Balaban J connectivity index is 2.37. The van der Waals surface area contributed by atoms with Crippen LogP contribution >= 0.6 is 34.8 Å². The zero-order valence-corrected chi connectivity index (χ0v) is 12.2. The van der Waals surface area contributed by atoms with Crippen LogP contribution in [0.15, 0.2) is 30.5 Å². The van der Waals surface area contributed by atoms with Crippen LogP contribution < -0.4 is 0 Å². The molecule has 0 atom stereocenters. The van der Waals surface area contributed by atoms with Gasteiger partial charge in [0, 0.05) is 6.20 Å². The van der Waals surface area contributed by atoms with Crippen LogP contribution in [0.1, 0.15) is 5.82 Å². The second-order valence-corrected chi connectivity index (χ2v) is 5.20. The Kier molecular flexibility index (Phi) is 3.54. The maximum Gasteiger partial charge on any atom is 0.164 e. The standard InChI is InChI=1S/C13H7Cl3FN3/c14-5-12-19-10-3-7(15)6-18-13(10)20(12)11-4-8(17)1-2-9(11)16/h1-4,6H,5H2. The van der Waals surface area contributed by atoms with Gasteiger partial charge in [-0.15, -0.1) is 11.6 Å². The summed E-state index contributed by atoms with van der Waals surface area (Å²) in [6, 6.07) is 5.75. The number of imidazole rings is 1. The molecule has 2 heterocycles. The minimum Gasteiger partial charge on any atom is -0.278 e. The first-order valence-corrected chi connectivity index (χ1v) is 6.93. The number of aromatic nitrogens is 3. The maximum atomic E-state index is 13.5. The Bertz CT molecular complexity index is 801. The first kappa shape index (κ1) is 13.6. The quantitative estimate of drug-likeness (QED) is 0.643. The molecule has 20 heavy (non-hydrogen) atoms. The molecule has 1 aromatic carbocycles. The third kappa shape index (κ3) is 2.24. The molecule has 0 unspecified atom stereocenters. The van der Waals surface area contributed by atoms with Gasteiger partial charge >= 0.3 is 0 Å². The summed E-state index contributed by atoms with van der Waals surface area (Å²) in [6.45, 7) is 0. The number of benzene rings is 1. The third-order valence-electron chi connectivity index (χ3n) is 2.80. The van der Waals surface area contributed by atoms with E-state index in [1.165, 1.54) is 24.4 Å². The summed E-state index contributed by atoms with van der Waals surface area (Å²) in [4.78, 5) is 8.57. The van der Waals surface area contributed by atoms with Crippen LogP contribution in [0.4, 0.5) is 4.39 Å². The van der Waals surface area contributed by atoms with Crippen LogP contribution in [0.5, 0.6) is 0 Å². The zero-order chi connectivity index (χ0) is 14.3. The first-order valence-electron chi connectivity index (χ1n) is 5.64. The van der Waals surface area contributed by atoms with E-state index in [-0.39, 0.29) is 5.88 Å². The van der Waals surface area contributed by atoms with Gasteiger partial charge in [0.2, 0.25) is 0 Å². The van der Waals surface area contributed by atoms with E-state index in [1.807, 2.05) is 0 Å². The van der Waals surface area contributed by atoms with Crippen LogP contribution in [0.3, 0.4) is 0 Å². The Labute approximate surface area is 128 Å². The van der Waals surface area contributed by atoms with E-state index in [4.69, 9.17) is 34.8 Å². The highest BCUT2D eigenvalue weighted by Gasteiger charge is 2.16. The highest BCUT2D eigenvalue weighted by Crippen LogP contribution is 2.28. The van der Waals surface area contributed by atoms with E-state index in [2.05, 4.69) is 9.97 Å². The predicted octanol–water partition coefficient (Wildman–Crippen LogP) is 4.61. The number of halogens is 4. The molecule has 0 spiro atoms. The van der Waals surface area contributed by atoms with Gasteiger partial charge in [0.1, 0.15) is 17.2 Å². The molecular weight excluding hydrogens is 324 g/mol. The lowest BCUT2D eigenvalue weighted by molar-refractivity contribution is 0.626. The number of hydrogen-bond donors (Lipinski definition) is 0. The Hall–Kier alpha value is -1.36. The molecule has 0 amide bonds. The van der Waals surface area contributed by atoms with Gasteiger partial charge in [-0.05, 0) is 24.3 Å². The number of hydrogen-bond acceptors (Lipinski definition) is 2. The van der Waals surface area contributed by atoms with E-state index in [0.717, 1.165) is 0 Å². The van der Waals surface area contributed by atoms with Crippen LogP contribution in [0, 0.1) is 5.82 Å². The molecule has 3 rings (SSSR count). The Morgan fingerprint density at radius 3 is 2.75 bits per heavy atom. The van der Waals surface area contributed by atoms with Crippen LogP contribution in [-0.2, 0) is 5.88 Å². The minimum absolute atomic E-state index is 0.140. The summed E-state index contributed by atoms with van der Waals surface area (Å²) in [5.74, 6) is 0.255. The summed E-state index contributed by atoms with van der Waals surface area (Å²) in [5, 5.41) is 0.849. The fourth-order valence-corrected chi connectivity index (χ4v) is 2.52. The topological polar surface area (TPSA) is 30.7 Å². The second kappa shape index (κ2) is 5.20. The number of pyridine rings is 1. The molecule has 0 saturated carbocycles. The lowest BCUT2D eigenvalue weighted by atomic mass is 10.3. The third-order valence-corrected chi connectivity index (χ3v) is 3.57. The highest BCUT2D eigenvalue weighted by molar-refractivity contribution is 6.32. The molecule has 2 aromatic heterocycles. The van der Waals surface area contributed by atoms with Crippen molar-refractivity contribution in [2.24, 2.45) is 0 Å². The molecule has 0 radical (unpaired) electrons. The van der Waals surface area contributed by atoms with Crippen molar-refractivity contribution in [1.29, 1.82) is 0 Å². The lowest BCUT2D eigenvalue weighted by Gasteiger charge is -2.09. The average Bonchev–Trinajstić information content (AvgIpc) is 2.78. The summed E-state index contributed by atoms with van der Waals surface area (Å²) in [7, 11) is 0. The molecule has 7 heteroatoms. The molecule has 102 valence electrons. The van der Waals surface area contributed by atoms with E-state index < -0.39 is 5.82 Å². The molecule has 0 fully saturated rings. The molecule has 0 aliphatic carbocycles. The van der Waals surface area contributed by atoms with Gasteiger partial charge in [0.25, 0.3) is 0 Å². The normalized spacial score (nSPS) is 11.2. The summed E-state index contributed by atoms with van der Waals surface area (Å²) >= 11 is 17.9. The van der Waals surface area contributed by atoms with Gasteiger partial charge in [-0.25, -0.2) is 14.4 Å². The van der Waals surface area contributed by atoms with Crippen molar-refractivity contribution >= 4 is 46.0 Å². The van der Waals surface area contributed by atoms with Crippen molar-refractivity contribution in [3.05, 3.63) is 52.1 Å².